The van der Waals surface area contributed by atoms with Crippen molar-refractivity contribution in [3.63, 3.8) is 0 Å². The fourth-order valence-corrected chi connectivity index (χ4v) is 1.85. The lowest BCUT2D eigenvalue weighted by atomic mass is 10.1. The Bertz CT molecular complexity index is 606. The summed E-state index contributed by atoms with van der Waals surface area (Å²) in [4.78, 5) is 11.8. The van der Waals surface area contributed by atoms with Crippen LogP contribution in [-0.4, -0.2) is 12.4 Å². The van der Waals surface area contributed by atoms with Crippen molar-refractivity contribution in [2.75, 3.05) is 6.61 Å². The number of hydrogen-bond donors (Lipinski definition) is 0. The highest BCUT2D eigenvalue weighted by Gasteiger charge is 2.33. The minimum atomic E-state index is -4.47. The molecule has 0 aliphatic carbocycles. The molecule has 0 saturated carbocycles. The van der Waals surface area contributed by atoms with Gasteiger partial charge in [0.2, 0.25) is 0 Å². The number of carbonyl (C=O) groups is 1. The summed E-state index contributed by atoms with van der Waals surface area (Å²) < 4.78 is 43.4. The van der Waals surface area contributed by atoms with Gasteiger partial charge in [0.05, 0.1) is 12.2 Å². The highest BCUT2D eigenvalue weighted by molar-refractivity contribution is 5.96. The average Bonchev–Trinajstić information content (AvgIpc) is 2.47. The van der Waals surface area contributed by atoms with E-state index in [1.807, 2.05) is 0 Å². The van der Waals surface area contributed by atoms with E-state index in [0.29, 0.717) is 5.56 Å². The molecule has 2 nitrogen and oxygen atoms in total. The van der Waals surface area contributed by atoms with E-state index in [9.17, 15) is 18.0 Å². The number of ketones is 1. The first-order valence-corrected chi connectivity index (χ1v) is 6.36. The van der Waals surface area contributed by atoms with Crippen LogP contribution in [-0.2, 0) is 6.18 Å². The van der Waals surface area contributed by atoms with Crippen LogP contribution in [0.2, 0.25) is 0 Å². The van der Waals surface area contributed by atoms with Gasteiger partial charge in [0.25, 0.3) is 0 Å². The summed E-state index contributed by atoms with van der Waals surface area (Å²) in [5.74, 6) is -0.425. The van der Waals surface area contributed by atoms with Gasteiger partial charge in [-0.3, -0.25) is 4.79 Å². The Balaban J connectivity index is 1.97. The molecule has 2 rings (SSSR count). The van der Waals surface area contributed by atoms with Crippen molar-refractivity contribution in [3.8, 4) is 5.75 Å². The Kier molecular flexibility index (Phi) is 4.62. The van der Waals surface area contributed by atoms with Gasteiger partial charge in [-0.2, -0.15) is 13.2 Å². The van der Waals surface area contributed by atoms with Crippen LogP contribution in [0.4, 0.5) is 13.2 Å². The van der Waals surface area contributed by atoms with E-state index < -0.39 is 11.7 Å². The van der Waals surface area contributed by atoms with Crippen LogP contribution in [0.1, 0.15) is 22.3 Å². The molecular weight excluding hydrogens is 281 g/mol. The first-order chi connectivity index (χ1) is 9.98. The Morgan fingerprint density at radius 3 is 2.24 bits per heavy atom. The van der Waals surface area contributed by atoms with Crippen molar-refractivity contribution in [2.45, 2.75) is 12.6 Å². The van der Waals surface area contributed by atoms with E-state index in [-0.39, 0.29) is 24.6 Å². The lowest BCUT2D eigenvalue weighted by molar-refractivity contribution is -0.138. The Morgan fingerprint density at radius 1 is 0.952 bits per heavy atom. The van der Waals surface area contributed by atoms with Gasteiger partial charge in [-0.25, -0.2) is 0 Å². The monoisotopic (exact) mass is 294 g/mol. The van der Waals surface area contributed by atoms with Crippen molar-refractivity contribution in [1.29, 1.82) is 0 Å². The SMILES string of the molecule is O=C(CCOc1ccccc1C(F)(F)F)c1ccccc1. The molecule has 0 radical (unpaired) electrons. The van der Waals surface area contributed by atoms with E-state index in [2.05, 4.69) is 0 Å². The molecule has 0 saturated heterocycles. The number of hydrogen-bond acceptors (Lipinski definition) is 2. The number of halogens is 3. The fraction of sp³-hybridized carbons (Fsp3) is 0.188. The van der Waals surface area contributed by atoms with Gasteiger partial charge in [0, 0.05) is 12.0 Å². The molecule has 0 spiro atoms. The molecule has 2 aromatic rings. The van der Waals surface area contributed by atoms with E-state index >= 15 is 0 Å². The summed E-state index contributed by atoms with van der Waals surface area (Å²) in [7, 11) is 0. The van der Waals surface area contributed by atoms with E-state index in [1.165, 1.54) is 18.2 Å². The maximum absolute atomic E-state index is 12.8. The normalized spacial score (nSPS) is 11.2. The van der Waals surface area contributed by atoms with Crippen LogP contribution < -0.4 is 4.74 Å². The van der Waals surface area contributed by atoms with Crippen LogP contribution in [0.15, 0.2) is 54.6 Å². The number of Topliss-reactive ketones (excluding diaryl/α,β-unsaturated/α-hetero) is 1. The average molecular weight is 294 g/mol. The molecule has 0 fully saturated rings. The maximum Gasteiger partial charge on any atom is 0.419 e. The molecule has 0 heterocycles. The minimum Gasteiger partial charge on any atom is -0.492 e. The van der Waals surface area contributed by atoms with Crippen LogP contribution in [0.5, 0.6) is 5.75 Å². The molecule has 0 N–H and O–H groups in total. The lowest BCUT2D eigenvalue weighted by Crippen LogP contribution is -2.11. The van der Waals surface area contributed by atoms with Gasteiger partial charge in [0.15, 0.2) is 5.78 Å². The number of ether oxygens (including phenoxy) is 1. The highest BCUT2D eigenvalue weighted by atomic mass is 19.4. The van der Waals surface area contributed by atoms with Crippen molar-refractivity contribution < 1.29 is 22.7 Å². The lowest BCUT2D eigenvalue weighted by Gasteiger charge is -2.13. The smallest absolute Gasteiger partial charge is 0.419 e. The summed E-state index contributed by atoms with van der Waals surface area (Å²) >= 11 is 0. The van der Waals surface area contributed by atoms with Gasteiger partial charge in [-0.15, -0.1) is 0 Å². The zero-order valence-corrected chi connectivity index (χ0v) is 11.1. The van der Waals surface area contributed by atoms with Crippen LogP contribution >= 0.6 is 0 Å². The van der Waals surface area contributed by atoms with Crippen LogP contribution in [0.3, 0.4) is 0 Å². The molecule has 110 valence electrons. The van der Waals surface area contributed by atoms with E-state index in [0.717, 1.165) is 6.07 Å². The first-order valence-electron chi connectivity index (χ1n) is 6.36. The van der Waals surface area contributed by atoms with Crippen LogP contribution in [0.25, 0.3) is 0 Å². The van der Waals surface area contributed by atoms with E-state index in [1.54, 1.807) is 30.3 Å². The molecule has 2 aromatic carbocycles. The summed E-state index contributed by atoms with van der Waals surface area (Å²) in [6, 6.07) is 13.5. The molecule has 21 heavy (non-hydrogen) atoms. The van der Waals surface area contributed by atoms with Crippen molar-refractivity contribution >= 4 is 5.78 Å². The number of alkyl halides is 3. The molecule has 0 aromatic heterocycles. The quantitative estimate of drug-likeness (QED) is 0.766. The molecule has 0 unspecified atom stereocenters. The second kappa shape index (κ2) is 6.43. The first kappa shape index (κ1) is 15.1. The van der Waals surface area contributed by atoms with Gasteiger partial charge < -0.3 is 4.74 Å². The van der Waals surface area contributed by atoms with Gasteiger partial charge in [-0.05, 0) is 12.1 Å². The Labute approximate surface area is 120 Å². The summed E-state index contributed by atoms with van der Waals surface area (Å²) in [6.45, 7) is -0.0964. The van der Waals surface area contributed by atoms with Crippen molar-refractivity contribution in [1.82, 2.24) is 0 Å². The van der Waals surface area contributed by atoms with E-state index in [4.69, 9.17) is 4.74 Å². The zero-order chi connectivity index (χ0) is 15.3. The van der Waals surface area contributed by atoms with Crippen molar-refractivity contribution in [2.24, 2.45) is 0 Å². The van der Waals surface area contributed by atoms with Crippen LogP contribution in [0, 0.1) is 0 Å². The zero-order valence-electron chi connectivity index (χ0n) is 11.1. The standard InChI is InChI=1S/C16H13F3O2/c17-16(18,19)13-8-4-5-9-15(13)21-11-10-14(20)12-6-2-1-3-7-12/h1-9H,10-11H2. The third-order valence-electron chi connectivity index (χ3n) is 2.87. The third kappa shape index (κ3) is 4.08. The molecule has 0 aliphatic rings. The highest BCUT2D eigenvalue weighted by Crippen LogP contribution is 2.35. The molecule has 0 amide bonds. The molecule has 5 heteroatoms. The number of rotatable bonds is 5. The van der Waals surface area contributed by atoms with Gasteiger partial charge >= 0.3 is 6.18 Å². The minimum absolute atomic E-state index is 0.0240. The second-order valence-electron chi connectivity index (χ2n) is 4.38. The largest absolute Gasteiger partial charge is 0.492 e. The molecule has 0 bridgehead atoms. The van der Waals surface area contributed by atoms with Gasteiger partial charge in [-0.1, -0.05) is 42.5 Å². The predicted molar refractivity (Wildman–Crippen MR) is 72.3 cm³/mol. The molecule has 0 atom stereocenters. The fourth-order valence-electron chi connectivity index (χ4n) is 1.85. The number of benzene rings is 2. The topological polar surface area (TPSA) is 26.3 Å². The third-order valence-corrected chi connectivity index (χ3v) is 2.87. The molecular formula is C16H13F3O2. The molecule has 0 aliphatic heterocycles. The summed E-state index contributed by atoms with van der Waals surface area (Å²) in [5.41, 5.74) is -0.317. The maximum atomic E-state index is 12.8. The summed E-state index contributed by atoms with van der Waals surface area (Å²) in [5, 5.41) is 0. The summed E-state index contributed by atoms with van der Waals surface area (Å²) in [6.07, 6.45) is -4.45. The van der Waals surface area contributed by atoms with Gasteiger partial charge in [0.1, 0.15) is 5.75 Å². The number of para-hydroxylation sites is 1. The number of carbonyl (C=O) groups excluding carboxylic acids is 1. The predicted octanol–water partition coefficient (Wildman–Crippen LogP) is 4.36. The second-order valence-corrected chi connectivity index (χ2v) is 4.38. The Morgan fingerprint density at radius 2 is 1.57 bits per heavy atom. The Hall–Kier alpha value is -2.30. The van der Waals surface area contributed by atoms with Crippen molar-refractivity contribution in [3.05, 3.63) is 65.7 Å².